The molecule has 2 N–H and O–H groups in total. The highest BCUT2D eigenvalue weighted by Crippen LogP contribution is 2.26. The van der Waals surface area contributed by atoms with Crippen LogP contribution in [0.4, 0.5) is 0 Å². The van der Waals surface area contributed by atoms with Crippen LogP contribution in [0.3, 0.4) is 0 Å². The Bertz CT molecular complexity index is 740. The number of amides is 1. The molecule has 1 unspecified atom stereocenters. The Morgan fingerprint density at radius 3 is 2.88 bits per heavy atom. The fraction of sp³-hybridized carbons (Fsp3) is 0.444. The monoisotopic (exact) mass is 346 g/mol. The van der Waals surface area contributed by atoms with Gasteiger partial charge in [0.05, 0.1) is 23.1 Å². The van der Waals surface area contributed by atoms with Crippen LogP contribution >= 0.6 is 11.6 Å². The number of aromatic nitrogens is 2. The molecule has 1 aliphatic rings. The maximum Gasteiger partial charge on any atom is 0.257 e. The van der Waals surface area contributed by atoms with Gasteiger partial charge in [0.1, 0.15) is 0 Å². The van der Waals surface area contributed by atoms with E-state index in [-0.39, 0.29) is 17.9 Å². The van der Waals surface area contributed by atoms with Crippen LogP contribution < -0.4 is 5.73 Å². The Morgan fingerprint density at radius 1 is 1.42 bits per heavy atom. The number of hydrogen-bond acceptors (Lipinski definition) is 3. The van der Waals surface area contributed by atoms with Crippen LogP contribution in [0.1, 0.15) is 48.7 Å². The highest BCUT2D eigenvalue weighted by Gasteiger charge is 2.27. The van der Waals surface area contributed by atoms with Crippen molar-refractivity contribution < 1.29 is 4.79 Å². The van der Waals surface area contributed by atoms with Gasteiger partial charge in [-0.2, -0.15) is 5.10 Å². The first-order valence-electron chi connectivity index (χ1n) is 8.36. The van der Waals surface area contributed by atoms with Crippen LogP contribution in [-0.4, -0.2) is 39.7 Å². The van der Waals surface area contributed by atoms with Gasteiger partial charge >= 0.3 is 0 Å². The van der Waals surface area contributed by atoms with Crippen molar-refractivity contribution in [3.05, 3.63) is 46.7 Å². The Labute approximate surface area is 147 Å². The zero-order chi connectivity index (χ0) is 17.3. The number of carbonyl (C=O) groups is 1. The average Bonchev–Trinajstić information content (AvgIpc) is 2.99. The van der Waals surface area contributed by atoms with E-state index in [1.807, 2.05) is 33.8 Å². The molecule has 6 heteroatoms. The molecule has 1 aliphatic heterocycles. The minimum absolute atomic E-state index is 0.0159. The van der Waals surface area contributed by atoms with E-state index in [0.717, 1.165) is 30.8 Å². The summed E-state index contributed by atoms with van der Waals surface area (Å²) in [7, 11) is 0. The molecule has 24 heavy (non-hydrogen) atoms. The van der Waals surface area contributed by atoms with Crippen molar-refractivity contribution in [3.63, 3.8) is 0 Å². The molecule has 0 saturated carbocycles. The van der Waals surface area contributed by atoms with Gasteiger partial charge in [0.2, 0.25) is 0 Å². The van der Waals surface area contributed by atoms with Gasteiger partial charge in [-0.15, -0.1) is 0 Å². The van der Waals surface area contributed by atoms with Gasteiger partial charge in [0, 0.05) is 24.2 Å². The topological polar surface area (TPSA) is 64.2 Å². The number of carbonyl (C=O) groups excluding carboxylic acids is 1. The predicted molar refractivity (Wildman–Crippen MR) is 95.8 cm³/mol. The molecular weight excluding hydrogens is 324 g/mol. The van der Waals surface area contributed by atoms with Gasteiger partial charge in [-0.1, -0.05) is 31.5 Å². The third-order valence-electron chi connectivity index (χ3n) is 4.38. The normalized spacial score (nSPS) is 18.2. The molecule has 1 fully saturated rings. The van der Waals surface area contributed by atoms with Gasteiger partial charge < -0.3 is 10.6 Å². The second-order valence-corrected chi connectivity index (χ2v) is 7.08. The summed E-state index contributed by atoms with van der Waals surface area (Å²) in [6, 6.07) is 7.56. The summed E-state index contributed by atoms with van der Waals surface area (Å²) in [4.78, 5) is 14.8. The molecule has 0 radical (unpaired) electrons. The van der Waals surface area contributed by atoms with Gasteiger partial charge in [0.15, 0.2) is 0 Å². The molecule has 2 heterocycles. The molecule has 3 rings (SSSR count). The van der Waals surface area contributed by atoms with Crippen molar-refractivity contribution >= 4 is 17.5 Å². The van der Waals surface area contributed by atoms with E-state index in [1.165, 1.54) is 0 Å². The Hall–Kier alpha value is -1.85. The first-order chi connectivity index (χ1) is 11.5. The van der Waals surface area contributed by atoms with E-state index in [0.29, 0.717) is 17.1 Å². The lowest BCUT2D eigenvalue weighted by atomic mass is 10.0. The number of benzene rings is 1. The fourth-order valence-corrected chi connectivity index (χ4v) is 3.44. The molecular formula is C18H23ClN4O. The highest BCUT2D eigenvalue weighted by atomic mass is 35.5. The Morgan fingerprint density at radius 2 is 2.21 bits per heavy atom. The summed E-state index contributed by atoms with van der Waals surface area (Å²) in [5.74, 6) is 0.172. The SMILES string of the molecule is CC(C)c1c(C(=O)N2CCCC(N)C2)cnn1-c1cccc(Cl)c1. The standard InChI is InChI=1S/C18H23ClN4O/c1-12(2)17-16(18(24)22-8-4-6-14(20)11-22)10-21-23(17)15-7-3-5-13(19)9-15/h3,5,7,9-10,12,14H,4,6,8,11,20H2,1-2H3. The van der Waals surface area contributed by atoms with Gasteiger partial charge in [-0.3, -0.25) is 4.79 Å². The van der Waals surface area contributed by atoms with Crippen LogP contribution in [0, 0.1) is 0 Å². The van der Waals surface area contributed by atoms with Crippen molar-refractivity contribution in [2.24, 2.45) is 5.73 Å². The molecule has 1 amide bonds. The number of likely N-dealkylation sites (tertiary alicyclic amines) is 1. The largest absolute Gasteiger partial charge is 0.337 e. The minimum atomic E-state index is 0.0159. The number of halogens is 1. The number of nitrogens with two attached hydrogens (primary N) is 1. The summed E-state index contributed by atoms with van der Waals surface area (Å²) in [6.45, 7) is 5.50. The predicted octanol–water partition coefficient (Wildman–Crippen LogP) is 3.21. The third kappa shape index (κ3) is 3.32. The smallest absolute Gasteiger partial charge is 0.257 e. The van der Waals surface area contributed by atoms with Crippen LogP contribution in [-0.2, 0) is 0 Å². The zero-order valence-corrected chi connectivity index (χ0v) is 14.8. The molecule has 2 aromatic rings. The van der Waals surface area contributed by atoms with Crippen LogP contribution in [0.2, 0.25) is 5.02 Å². The summed E-state index contributed by atoms with van der Waals surface area (Å²) in [5.41, 5.74) is 8.44. The summed E-state index contributed by atoms with van der Waals surface area (Å²) >= 11 is 6.10. The fourth-order valence-electron chi connectivity index (χ4n) is 3.26. The summed E-state index contributed by atoms with van der Waals surface area (Å²) < 4.78 is 1.81. The second-order valence-electron chi connectivity index (χ2n) is 6.64. The second kappa shape index (κ2) is 6.95. The highest BCUT2D eigenvalue weighted by molar-refractivity contribution is 6.30. The third-order valence-corrected chi connectivity index (χ3v) is 4.62. The van der Waals surface area contributed by atoms with Crippen molar-refractivity contribution in [1.82, 2.24) is 14.7 Å². The molecule has 1 atom stereocenters. The van der Waals surface area contributed by atoms with Crippen molar-refractivity contribution in [2.45, 2.75) is 38.6 Å². The van der Waals surface area contributed by atoms with Gasteiger partial charge in [-0.25, -0.2) is 4.68 Å². The average molecular weight is 347 g/mol. The van der Waals surface area contributed by atoms with Crippen molar-refractivity contribution in [2.75, 3.05) is 13.1 Å². The van der Waals surface area contributed by atoms with E-state index < -0.39 is 0 Å². The first kappa shape index (κ1) is 17.0. The zero-order valence-electron chi connectivity index (χ0n) is 14.1. The van der Waals surface area contributed by atoms with Crippen LogP contribution in [0.25, 0.3) is 5.69 Å². The van der Waals surface area contributed by atoms with Gasteiger partial charge in [0.25, 0.3) is 5.91 Å². The maximum atomic E-state index is 13.0. The molecule has 0 bridgehead atoms. The lowest BCUT2D eigenvalue weighted by Crippen LogP contribution is -2.45. The summed E-state index contributed by atoms with van der Waals surface area (Å²) in [5, 5.41) is 5.11. The molecule has 5 nitrogen and oxygen atoms in total. The molecule has 1 aromatic carbocycles. The van der Waals surface area contributed by atoms with E-state index in [9.17, 15) is 4.79 Å². The Balaban J connectivity index is 1.98. The molecule has 128 valence electrons. The number of nitrogens with zero attached hydrogens (tertiary/aromatic N) is 3. The first-order valence-corrected chi connectivity index (χ1v) is 8.74. The van der Waals surface area contributed by atoms with Gasteiger partial charge in [-0.05, 0) is 37.0 Å². The maximum absolute atomic E-state index is 13.0. The number of hydrogen-bond donors (Lipinski definition) is 1. The molecule has 0 spiro atoms. The molecule has 1 aromatic heterocycles. The number of rotatable bonds is 3. The minimum Gasteiger partial charge on any atom is -0.337 e. The lowest BCUT2D eigenvalue weighted by Gasteiger charge is -2.31. The quantitative estimate of drug-likeness (QED) is 0.928. The number of piperidine rings is 1. The van der Waals surface area contributed by atoms with E-state index in [1.54, 1.807) is 6.20 Å². The van der Waals surface area contributed by atoms with E-state index in [4.69, 9.17) is 17.3 Å². The lowest BCUT2D eigenvalue weighted by molar-refractivity contribution is 0.0707. The van der Waals surface area contributed by atoms with Crippen molar-refractivity contribution in [3.8, 4) is 5.69 Å². The van der Waals surface area contributed by atoms with E-state index in [2.05, 4.69) is 18.9 Å². The van der Waals surface area contributed by atoms with Crippen molar-refractivity contribution in [1.29, 1.82) is 0 Å². The van der Waals surface area contributed by atoms with E-state index >= 15 is 0 Å². The Kier molecular flexibility index (Phi) is 4.92. The molecule has 0 aliphatic carbocycles. The van der Waals surface area contributed by atoms with Crippen LogP contribution in [0.5, 0.6) is 0 Å². The summed E-state index contributed by atoms with van der Waals surface area (Å²) in [6.07, 6.45) is 3.59. The molecule has 1 saturated heterocycles. The van der Waals surface area contributed by atoms with Crippen LogP contribution in [0.15, 0.2) is 30.5 Å².